The van der Waals surface area contributed by atoms with E-state index in [1.54, 1.807) is 0 Å². The zero-order valence-electron chi connectivity index (χ0n) is 30.9. The lowest BCUT2D eigenvalue weighted by molar-refractivity contribution is -0.680. The third-order valence-corrected chi connectivity index (χ3v) is 11.4. The summed E-state index contributed by atoms with van der Waals surface area (Å²) in [5, 5.41) is 0. The number of aromatic nitrogens is 2. The molecular formula is C44H40B2F8N2. The van der Waals surface area contributed by atoms with Crippen LogP contribution >= 0.6 is 0 Å². The maximum Gasteiger partial charge on any atom is 0.673 e. The topological polar surface area (TPSA) is 7.76 Å². The smallest absolute Gasteiger partial charge is 0.418 e. The van der Waals surface area contributed by atoms with Crippen LogP contribution in [0.25, 0.3) is 0 Å². The molecule has 56 heavy (non-hydrogen) atoms. The number of pyridine rings is 2. The SMILES string of the molecule is C[n+]1cccc2c1[C@@H]1Cc3ccccc3C[C@H]2c2ccccc21.C[n+]1cccc2c1[C@H]1Cc3ccccc3C[C@@H]2c2ccccc21.F[B-](F)(F)F.F[B-](F)(F)F. The van der Waals surface area contributed by atoms with Crippen LogP contribution in [-0.4, -0.2) is 14.5 Å². The molecule has 4 aromatic carbocycles. The maximum absolute atomic E-state index is 9.75. The van der Waals surface area contributed by atoms with Crippen LogP contribution in [0.5, 0.6) is 0 Å². The first-order valence-corrected chi connectivity index (χ1v) is 18.7. The van der Waals surface area contributed by atoms with Gasteiger partial charge in [-0.25, -0.2) is 9.13 Å². The molecule has 288 valence electrons. The van der Waals surface area contributed by atoms with Gasteiger partial charge < -0.3 is 34.5 Å². The first-order chi connectivity index (χ1) is 26.7. The Hall–Kier alpha value is -5.25. The van der Waals surface area contributed by atoms with Gasteiger partial charge in [0.05, 0.1) is 11.8 Å². The highest BCUT2D eigenvalue weighted by molar-refractivity contribution is 6.50. The number of hydrogen-bond acceptors (Lipinski definition) is 0. The first kappa shape index (κ1) is 39.0. The molecule has 0 aliphatic heterocycles. The van der Waals surface area contributed by atoms with E-state index in [2.05, 4.69) is 157 Å². The first-order valence-electron chi connectivity index (χ1n) is 18.7. The number of nitrogens with zero attached hydrogens (tertiary/aromatic N) is 2. The Morgan fingerprint density at radius 2 is 0.589 bits per heavy atom. The van der Waals surface area contributed by atoms with Crippen LogP contribution in [-0.2, 0) is 39.8 Å². The summed E-state index contributed by atoms with van der Waals surface area (Å²) in [5.74, 6) is 1.88. The van der Waals surface area contributed by atoms with E-state index in [0.717, 1.165) is 25.7 Å². The molecule has 0 N–H and O–H groups in total. The van der Waals surface area contributed by atoms with Gasteiger partial charge in [-0.3, -0.25) is 0 Å². The molecule has 12 heteroatoms. The van der Waals surface area contributed by atoms with Crippen LogP contribution in [0.3, 0.4) is 0 Å². The quantitative estimate of drug-likeness (QED) is 0.0826. The zero-order chi connectivity index (χ0) is 39.8. The van der Waals surface area contributed by atoms with Crippen LogP contribution in [0.2, 0.25) is 0 Å². The van der Waals surface area contributed by atoms with E-state index in [4.69, 9.17) is 0 Å². The van der Waals surface area contributed by atoms with E-state index in [0.29, 0.717) is 23.7 Å². The van der Waals surface area contributed by atoms with Crippen molar-refractivity contribution in [1.82, 2.24) is 0 Å². The molecule has 0 saturated heterocycles. The monoisotopic (exact) mass is 770 g/mol. The number of aryl methyl sites for hydroxylation is 2. The van der Waals surface area contributed by atoms with E-state index in [-0.39, 0.29) is 0 Å². The highest BCUT2D eigenvalue weighted by Gasteiger charge is 2.41. The van der Waals surface area contributed by atoms with Crippen molar-refractivity contribution in [3.05, 3.63) is 201 Å². The summed E-state index contributed by atoms with van der Waals surface area (Å²) in [5.41, 5.74) is 18.3. The van der Waals surface area contributed by atoms with E-state index < -0.39 is 14.5 Å². The summed E-state index contributed by atoms with van der Waals surface area (Å²) in [6.45, 7) is 0. The molecule has 0 amide bonds. The third-order valence-electron chi connectivity index (χ3n) is 11.4. The van der Waals surface area contributed by atoms with Crippen molar-refractivity contribution in [2.24, 2.45) is 14.1 Å². The van der Waals surface area contributed by atoms with Crippen LogP contribution in [0.1, 0.15) is 90.7 Å². The third kappa shape index (κ3) is 8.44. The Morgan fingerprint density at radius 3 is 0.893 bits per heavy atom. The fourth-order valence-corrected chi connectivity index (χ4v) is 9.34. The van der Waals surface area contributed by atoms with Gasteiger partial charge in [0.25, 0.3) is 0 Å². The van der Waals surface area contributed by atoms with Gasteiger partial charge in [0.2, 0.25) is 0 Å². The summed E-state index contributed by atoms with van der Waals surface area (Å²) in [6, 6.07) is 45.3. The molecule has 6 aromatic rings. The molecule has 0 unspecified atom stereocenters. The van der Waals surface area contributed by atoms with Crippen molar-refractivity contribution >= 4 is 14.5 Å². The normalized spacial score (nSPS) is 19.3. The van der Waals surface area contributed by atoms with Crippen molar-refractivity contribution in [3.63, 3.8) is 0 Å². The van der Waals surface area contributed by atoms with Crippen molar-refractivity contribution in [3.8, 4) is 0 Å². The van der Waals surface area contributed by atoms with E-state index in [1.165, 1.54) is 67.0 Å². The van der Waals surface area contributed by atoms with Crippen molar-refractivity contribution in [2.75, 3.05) is 0 Å². The summed E-state index contributed by atoms with van der Waals surface area (Å²) in [7, 11) is -7.60. The summed E-state index contributed by atoms with van der Waals surface area (Å²) < 4.78 is 82.7. The van der Waals surface area contributed by atoms with Gasteiger partial charge in [0.1, 0.15) is 14.1 Å². The van der Waals surface area contributed by atoms with Gasteiger partial charge in [0, 0.05) is 35.1 Å². The predicted octanol–water partition coefficient (Wildman–Crippen LogP) is 10.4. The molecule has 2 aromatic heterocycles. The largest absolute Gasteiger partial charge is 0.673 e. The number of rotatable bonds is 0. The average molecular weight is 770 g/mol. The summed E-state index contributed by atoms with van der Waals surface area (Å²) >= 11 is 0. The van der Waals surface area contributed by atoms with Crippen LogP contribution in [0, 0.1) is 0 Å². The Labute approximate surface area is 321 Å². The van der Waals surface area contributed by atoms with E-state index in [1.807, 2.05) is 0 Å². The molecule has 0 spiro atoms. The highest BCUT2D eigenvalue weighted by atomic mass is 19.5. The average Bonchev–Trinajstić information content (AvgIpc) is 3.12. The Bertz CT molecular complexity index is 2180. The summed E-state index contributed by atoms with van der Waals surface area (Å²) in [6.07, 6.45) is 8.82. The number of benzene rings is 4. The molecule has 6 aliphatic rings. The molecule has 0 radical (unpaired) electrons. The molecule has 2 nitrogen and oxygen atoms in total. The lowest BCUT2D eigenvalue weighted by Gasteiger charge is -2.35. The number of hydrogen-bond donors (Lipinski definition) is 0. The second-order valence-electron chi connectivity index (χ2n) is 14.7. The fourth-order valence-electron chi connectivity index (χ4n) is 9.34. The Morgan fingerprint density at radius 1 is 0.357 bits per heavy atom. The van der Waals surface area contributed by atoms with Gasteiger partial charge in [-0.1, -0.05) is 97.1 Å². The van der Waals surface area contributed by atoms with Gasteiger partial charge in [-0.05, 0) is 82.3 Å². The van der Waals surface area contributed by atoms with Crippen molar-refractivity contribution in [1.29, 1.82) is 0 Å². The second kappa shape index (κ2) is 15.7. The van der Waals surface area contributed by atoms with Gasteiger partial charge in [-0.2, -0.15) is 0 Å². The molecular weight excluding hydrogens is 730 g/mol. The highest BCUT2D eigenvalue weighted by Crippen LogP contribution is 2.48. The minimum atomic E-state index is -6.00. The molecule has 6 aliphatic carbocycles. The molecule has 0 saturated carbocycles. The maximum atomic E-state index is 9.75. The van der Waals surface area contributed by atoms with Crippen molar-refractivity contribution < 1.29 is 43.7 Å². The number of halogens is 8. The van der Waals surface area contributed by atoms with Gasteiger partial charge in [0.15, 0.2) is 23.8 Å². The standard InChI is InChI=1S/2C22H20N.2BF4/c2*1-23-12-6-11-19-20-13-15-7-2-3-8-16(15)14-21(22(19)23)18-10-5-4-9-17(18)20;2*2-1(3,4)5/h2*2-12,20-21H,13-14H2,1H3;;/q2*+1;2*-1/t2*20-,21+;;/m10../s1. The van der Waals surface area contributed by atoms with Crippen LogP contribution < -0.4 is 9.13 Å². The molecule has 4 atom stereocenters. The van der Waals surface area contributed by atoms with Gasteiger partial charge in [-0.15, -0.1) is 0 Å². The van der Waals surface area contributed by atoms with E-state index in [9.17, 15) is 34.5 Å². The fraction of sp³-hybridized carbons (Fsp3) is 0.227. The van der Waals surface area contributed by atoms with Crippen LogP contribution in [0.15, 0.2) is 134 Å². The Kier molecular flexibility index (Phi) is 10.9. The van der Waals surface area contributed by atoms with Crippen molar-refractivity contribution in [2.45, 2.75) is 49.4 Å². The second-order valence-corrected chi connectivity index (χ2v) is 14.7. The van der Waals surface area contributed by atoms with Crippen LogP contribution in [0.4, 0.5) is 34.5 Å². The molecule has 12 rings (SSSR count). The zero-order valence-corrected chi connectivity index (χ0v) is 30.9. The summed E-state index contributed by atoms with van der Waals surface area (Å²) in [4.78, 5) is 0. The lowest BCUT2D eigenvalue weighted by Crippen LogP contribution is -2.40. The predicted molar refractivity (Wildman–Crippen MR) is 204 cm³/mol. The Balaban J connectivity index is 0.000000139. The molecule has 4 bridgehead atoms. The molecule has 2 heterocycles. The minimum Gasteiger partial charge on any atom is -0.418 e. The lowest BCUT2D eigenvalue weighted by atomic mass is 9.68. The van der Waals surface area contributed by atoms with E-state index >= 15 is 0 Å². The van der Waals surface area contributed by atoms with Gasteiger partial charge >= 0.3 is 14.5 Å². The minimum absolute atomic E-state index is 0.463. The molecule has 0 fully saturated rings.